The SMILES string of the molecule is N#Cc1ccnc(Oc2cncc(C(=O)O)c2)n1. The molecule has 0 atom stereocenters. The number of aromatic carboxylic acids is 1. The Bertz CT molecular complexity index is 636. The topological polar surface area (TPSA) is 109 Å². The summed E-state index contributed by atoms with van der Waals surface area (Å²) in [7, 11) is 0. The number of carboxylic acid groups (broad SMARTS) is 1. The number of nitrogens with zero attached hydrogens (tertiary/aromatic N) is 4. The van der Waals surface area contributed by atoms with Crippen molar-refractivity contribution in [3.63, 3.8) is 0 Å². The average molecular weight is 242 g/mol. The van der Waals surface area contributed by atoms with Gasteiger partial charge in [-0.1, -0.05) is 0 Å². The lowest BCUT2D eigenvalue weighted by Gasteiger charge is -2.03. The predicted molar refractivity (Wildman–Crippen MR) is 58.0 cm³/mol. The minimum atomic E-state index is -1.11. The van der Waals surface area contributed by atoms with Crippen LogP contribution in [-0.2, 0) is 0 Å². The molecule has 0 saturated carbocycles. The second kappa shape index (κ2) is 4.88. The molecule has 2 aromatic rings. The van der Waals surface area contributed by atoms with Crippen molar-refractivity contribution in [1.29, 1.82) is 5.26 Å². The first kappa shape index (κ1) is 11.5. The van der Waals surface area contributed by atoms with Crippen LogP contribution in [0.4, 0.5) is 0 Å². The Balaban J connectivity index is 2.26. The summed E-state index contributed by atoms with van der Waals surface area (Å²) < 4.78 is 5.21. The summed E-state index contributed by atoms with van der Waals surface area (Å²) >= 11 is 0. The monoisotopic (exact) mass is 242 g/mol. The van der Waals surface area contributed by atoms with Crippen LogP contribution >= 0.6 is 0 Å². The molecule has 7 nitrogen and oxygen atoms in total. The Morgan fingerprint density at radius 2 is 2.28 bits per heavy atom. The van der Waals surface area contributed by atoms with Crippen LogP contribution in [0.25, 0.3) is 0 Å². The number of ether oxygens (including phenoxy) is 1. The molecule has 0 radical (unpaired) electrons. The number of hydrogen-bond acceptors (Lipinski definition) is 6. The highest BCUT2D eigenvalue weighted by molar-refractivity contribution is 5.87. The molecular weight excluding hydrogens is 236 g/mol. The first-order valence-corrected chi connectivity index (χ1v) is 4.78. The van der Waals surface area contributed by atoms with Crippen molar-refractivity contribution in [2.45, 2.75) is 0 Å². The van der Waals surface area contributed by atoms with Crippen molar-refractivity contribution in [1.82, 2.24) is 15.0 Å². The van der Waals surface area contributed by atoms with Crippen molar-refractivity contribution < 1.29 is 14.6 Å². The van der Waals surface area contributed by atoms with E-state index in [2.05, 4.69) is 15.0 Å². The summed E-state index contributed by atoms with van der Waals surface area (Å²) in [5.41, 5.74) is 0.145. The van der Waals surface area contributed by atoms with Gasteiger partial charge in [-0.05, 0) is 12.1 Å². The Morgan fingerprint density at radius 3 is 3.00 bits per heavy atom. The highest BCUT2D eigenvalue weighted by atomic mass is 16.5. The number of nitriles is 1. The molecule has 0 aliphatic carbocycles. The van der Waals surface area contributed by atoms with Gasteiger partial charge in [-0.3, -0.25) is 4.98 Å². The fraction of sp³-hybridized carbons (Fsp3) is 0. The lowest BCUT2D eigenvalue weighted by Crippen LogP contribution is -1.99. The highest BCUT2D eigenvalue weighted by Gasteiger charge is 2.07. The van der Waals surface area contributed by atoms with Gasteiger partial charge >= 0.3 is 12.0 Å². The molecular formula is C11H6N4O3. The number of carbonyl (C=O) groups is 1. The molecule has 0 unspecified atom stereocenters. The van der Waals surface area contributed by atoms with E-state index in [1.807, 2.05) is 6.07 Å². The van der Waals surface area contributed by atoms with Gasteiger partial charge < -0.3 is 9.84 Å². The third kappa shape index (κ3) is 2.56. The largest absolute Gasteiger partial charge is 0.478 e. The van der Waals surface area contributed by atoms with Crippen molar-refractivity contribution in [3.05, 3.63) is 42.0 Å². The molecule has 0 aliphatic heterocycles. The van der Waals surface area contributed by atoms with E-state index >= 15 is 0 Å². The lowest BCUT2D eigenvalue weighted by atomic mass is 10.3. The molecule has 0 spiro atoms. The van der Waals surface area contributed by atoms with E-state index in [9.17, 15) is 4.79 Å². The molecule has 2 rings (SSSR count). The summed E-state index contributed by atoms with van der Waals surface area (Å²) in [6.07, 6.45) is 3.89. The van der Waals surface area contributed by atoms with Gasteiger partial charge in [-0.15, -0.1) is 0 Å². The van der Waals surface area contributed by atoms with Gasteiger partial charge in [0.1, 0.15) is 17.5 Å². The molecule has 0 fully saturated rings. The fourth-order valence-corrected chi connectivity index (χ4v) is 1.15. The van der Waals surface area contributed by atoms with Gasteiger partial charge in [0.05, 0.1) is 11.8 Å². The zero-order valence-corrected chi connectivity index (χ0v) is 8.94. The molecule has 0 amide bonds. The Hall–Kier alpha value is -3.01. The van der Waals surface area contributed by atoms with Crippen molar-refractivity contribution >= 4 is 5.97 Å². The van der Waals surface area contributed by atoms with E-state index in [0.29, 0.717) is 0 Å². The van der Waals surface area contributed by atoms with Gasteiger partial charge in [-0.2, -0.15) is 10.2 Å². The van der Waals surface area contributed by atoms with Gasteiger partial charge in [0.2, 0.25) is 0 Å². The normalized spacial score (nSPS) is 9.50. The highest BCUT2D eigenvalue weighted by Crippen LogP contribution is 2.17. The maximum Gasteiger partial charge on any atom is 0.337 e. The summed E-state index contributed by atoms with van der Waals surface area (Å²) in [6, 6.07) is 4.52. The maximum absolute atomic E-state index is 10.7. The van der Waals surface area contributed by atoms with E-state index in [-0.39, 0.29) is 23.0 Å². The zero-order valence-electron chi connectivity index (χ0n) is 8.94. The second-order valence-corrected chi connectivity index (χ2v) is 3.15. The predicted octanol–water partition coefficient (Wildman–Crippen LogP) is 1.23. The average Bonchev–Trinajstić information content (AvgIpc) is 2.39. The Kier molecular flexibility index (Phi) is 3.11. The molecule has 0 bridgehead atoms. The van der Waals surface area contributed by atoms with E-state index in [4.69, 9.17) is 15.1 Å². The third-order valence-electron chi connectivity index (χ3n) is 1.92. The van der Waals surface area contributed by atoms with Crippen molar-refractivity contribution in [3.8, 4) is 17.8 Å². The Labute approximate surface area is 101 Å². The summed E-state index contributed by atoms with van der Waals surface area (Å²) in [5.74, 6) is -0.926. The third-order valence-corrected chi connectivity index (χ3v) is 1.92. The van der Waals surface area contributed by atoms with Gasteiger partial charge in [0.25, 0.3) is 0 Å². The van der Waals surface area contributed by atoms with Crippen LogP contribution in [0.15, 0.2) is 30.7 Å². The first-order valence-electron chi connectivity index (χ1n) is 4.78. The minimum Gasteiger partial charge on any atom is -0.478 e. The lowest BCUT2D eigenvalue weighted by molar-refractivity contribution is 0.0696. The molecule has 18 heavy (non-hydrogen) atoms. The maximum atomic E-state index is 10.7. The molecule has 0 aromatic carbocycles. The van der Waals surface area contributed by atoms with Crippen LogP contribution in [0, 0.1) is 11.3 Å². The van der Waals surface area contributed by atoms with Crippen LogP contribution in [-0.4, -0.2) is 26.0 Å². The van der Waals surface area contributed by atoms with Crippen molar-refractivity contribution in [2.24, 2.45) is 0 Å². The van der Waals surface area contributed by atoms with Crippen LogP contribution in [0.2, 0.25) is 0 Å². The van der Waals surface area contributed by atoms with Gasteiger partial charge in [-0.25, -0.2) is 9.78 Å². The molecule has 2 aromatic heterocycles. The molecule has 7 heteroatoms. The quantitative estimate of drug-likeness (QED) is 0.861. The number of carboxylic acids is 1. The van der Waals surface area contributed by atoms with Crippen LogP contribution < -0.4 is 4.74 Å². The van der Waals surface area contributed by atoms with E-state index < -0.39 is 5.97 Å². The van der Waals surface area contributed by atoms with E-state index in [0.717, 1.165) is 0 Å². The number of rotatable bonds is 3. The zero-order chi connectivity index (χ0) is 13.0. The molecule has 2 heterocycles. The fourth-order valence-electron chi connectivity index (χ4n) is 1.15. The molecule has 0 aliphatic rings. The van der Waals surface area contributed by atoms with Gasteiger partial charge in [0, 0.05) is 12.4 Å². The Morgan fingerprint density at radius 1 is 1.44 bits per heavy atom. The molecule has 0 saturated heterocycles. The van der Waals surface area contributed by atoms with Crippen molar-refractivity contribution in [2.75, 3.05) is 0 Å². The number of hydrogen-bond donors (Lipinski definition) is 1. The first-order chi connectivity index (χ1) is 8.69. The number of aromatic nitrogens is 3. The summed E-state index contributed by atoms with van der Waals surface area (Å²) in [6.45, 7) is 0. The van der Waals surface area contributed by atoms with Gasteiger partial charge in [0.15, 0.2) is 0 Å². The van der Waals surface area contributed by atoms with Crippen LogP contribution in [0.3, 0.4) is 0 Å². The van der Waals surface area contributed by atoms with E-state index in [1.165, 1.54) is 30.7 Å². The second-order valence-electron chi connectivity index (χ2n) is 3.15. The standard InChI is InChI=1S/C11H6N4O3/c12-4-8-1-2-14-11(15-8)18-9-3-7(10(16)17)5-13-6-9/h1-3,5-6H,(H,16,17). The van der Waals surface area contributed by atoms with Crippen LogP contribution in [0.1, 0.15) is 16.1 Å². The molecule has 88 valence electrons. The smallest absolute Gasteiger partial charge is 0.337 e. The summed E-state index contributed by atoms with van der Waals surface area (Å²) in [5, 5.41) is 17.4. The van der Waals surface area contributed by atoms with Crippen LogP contribution in [0.5, 0.6) is 11.8 Å². The van der Waals surface area contributed by atoms with E-state index in [1.54, 1.807) is 0 Å². The summed E-state index contributed by atoms with van der Waals surface area (Å²) in [4.78, 5) is 22.0. The minimum absolute atomic E-state index is 0.0102. The number of pyridine rings is 1. The molecule has 1 N–H and O–H groups in total.